The van der Waals surface area contributed by atoms with E-state index in [1.807, 2.05) is 30.3 Å². The Morgan fingerprint density at radius 3 is 1.44 bits per heavy atom. The van der Waals surface area contributed by atoms with Crippen LogP contribution in [0.5, 0.6) is 0 Å². The Balaban J connectivity index is 1.32. The monoisotopic (exact) mass is 848 g/mol. The standard InChI is InChI=1S/C47H44O13S/c1-29-37(49)35(27-48)55-46(38(29)57-43(51)31-19-9-3-10-20-31)60-39-36(28-54-42(50)30-17-7-2-8-18-30)56-47(61-34-25-15-6-16-26-34)41(59-45(53)33-23-13-5-14-24-33)40(39)58-44(52)32-21-11-4-12-22-32/h2-26,29,35-41,46-49H,27-28H2,1H3/t29?,35?,36?,37-,38+,39-,40?,41+,46+,47+/m1/s1. The Labute approximate surface area is 356 Å². The van der Waals surface area contributed by atoms with E-state index in [-0.39, 0.29) is 22.3 Å². The first-order valence-corrected chi connectivity index (χ1v) is 20.6. The van der Waals surface area contributed by atoms with Crippen molar-refractivity contribution in [2.24, 2.45) is 5.92 Å². The number of thioether (sulfide) groups is 1. The van der Waals surface area contributed by atoms with E-state index < -0.39 is 97.5 Å². The molecule has 61 heavy (non-hydrogen) atoms. The molecule has 7 rings (SSSR count). The van der Waals surface area contributed by atoms with E-state index in [1.54, 1.807) is 128 Å². The number of esters is 4. The van der Waals surface area contributed by atoms with Crippen LogP contribution in [-0.4, -0.2) is 102 Å². The summed E-state index contributed by atoms with van der Waals surface area (Å²) >= 11 is 1.18. The summed E-state index contributed by atoms with van der Waals surface area (Å²) in [6.07, 6.45) is -11.0. The zero-order valence-electron chi connectivity index (χ0n) is 32.9. The summed E-state index contributed by atoms with van der Waals surface area (Å²) in [4.78, 5) is 55.7. The van der Waals surface area contributed by atoms with Gasteiger partial charge in [0.25, 0.3) is 0 Å². The second-order valence-corrected chi connectivity index (χ2v) is 15.5. The van der Waals surface area contributed by atoms with Gasteiger partial charge in [-0.25, -0.2) is 19.2 Å². The van der Waals surface area contributed by atoms with E-state index in [0.717, 1.165) is 0 Å². The average molecular weight is 849 g/mol. The van der Waals surface area contributed by atoms with Crippen LogP contribution >= 0.6 is 11.8 Å². The maximum atomic E-state index is 14.1. The summed E-state index contributed by atoms with van der Waals surface area (Å²) in [6.45, 7) is 0.505. The number of carbonyl (C=O) groups excluding carboxylic acids is 4. The fourth-order valence-electron chi connectivity index (χ4n) is 6.97. The molecular weight excluding hydrogens is 805 g/mol. The van der Waals surface area contributed by atoms with Gasteiger partial charge in [0, 0.05) is 10.8 Å². The molecule has 0 amide bonds. The van der Waals surface area contributed by atoms with Gasteiger partial charge < -0.3 is 43.4 Å². The quantitative estimate of drug-likeness (QED) is 0.0964. The molecule has 0 bridgehead atoms. The van der Waals surface area contributed by atoms with Crippen LogP contribution in [0.4, 0.5) is 0 Å². The molecule has 2 saturated heterocycles. The van der Waals surface area contributed by atoms with Crippen molar-refractivity contribution in [3.63, 3.8) is 0 Å². The predicted molar refractivity (Wildman–Crippen MR) is 220 cm³/mol. The molecule has 2 aliphatic rings. The number of aliphatic hydroxyl groups excluding tert-OH is 2. The van der Waals surface area contributed by atoms with Crippen molar-refractivity contribution in [1.29, 1.82) is 0 Å². The van der Waals surface area contributed by atoms with Crippen LogP contribution in [0.15, 0.2) is 157 Å². The number of hydrogen-bond acceptors (Lipinski definition) is 14. The summed E-state index contributed by atoms with van der Waals surface area (Å²) < 4.78 is 44.0. The third-order valence-corrected chi connectivity index (χ3v) is 11.4. The largest absolute Gasteiger partial charge is 0.459 e. The van der Waals surface area contributed by atoms with Crippen molar-refractivity contribution >= 4 is 35.6 Å². The molecule has 0 aromatic heterocycles. The van der Waals surface area contributed by atoms with Gasteiger partial charge in [0.2, 0.25) is 0 Å². The van der Waals surface area contributed by atoms with Crippen molar-refractivity contribution < 1.29 is 62.5 Å². The normalized spacial score (nSPS) is 26.0. The Hall–Kier alpha value is -5.87. The number of rotatable bonds is 14. The number of carbonyl (C=O) groups is 4. The Morgan fingerprint density at radius 2 is 0.967 bits per heavy atom. The van der Waals surface area contributed by atoms with Gasteiger partial charge in [-0.05, 0) is 60.7 Å². The molecule has 0 aliphatic carbocycles. The molecule has 316 valence electrons. The first kappa shape index (κ1) is 43.2. The lowest BCUT2D eigenvalue weighted by Gasteiger charge is -2.48. The number of ether oxygens (including phenoxy) is 7. The maximum Gasteiger partial charge on any atom is 0.338 e. The molecule has 14 heteroatoms. The number of aliphatic hydroxyl groups is 2. The fraction of sp³-hybridized carbons (Fsp3) is 0.277. The van der Waals surface area contributed by atoms with Crippen LogP contribution in [0.25, 0.3) is 0 Å². The van der Waals surface area contributed by atoms with E-state index in [4.69, 9.17) is 33.2 Å². The first-order valence-electron chi connectivity index (χ1n) is 19.7. The molecule has 13 nitrogen and oxygen atoms in total. The minimum atomic E-state index is -1.55. The highest BCUT2D eigenvalue weighted by Gasteiger charge is 2.55. The summed E-state index contributed by atoms with van der Waals surface area (Å²) in [5.41, 5.74) is -0.269. The molecule has 4 unspecified atom stereocenters. The molecule has 2 aliphatic heterocycles. The molecule has 5 aromatic carbocycles. The topological polar surface area (TPSA) is 173 Å². The van der Waals surface area contributed by atoms with E-state index in [0.29, 0.717) is 4.90 Å². The highest BCUT2D eigenvalue weighted by Crippen LogP contribution is 2.40. The van der Waals surface area contributed by atoms with E-state index in [1.165, 1.54) is 11.8 Å². The SMILES string of the molecule is CC1[C@@H](O)C(CO)O[C@@H](O[C@@H]2C(COC(=O)c3ccccc3)O[C@@H](Sc3ccccc3)[C@@H](OC(=O)c3ccccc3)C2OC(=O)c2ccccc2)[C@H]1OC(=O)c1ccccc1. The van der Waals surface area contributed by atoms with Crippen LogP contribution in [-0.2, 0) is 33.2 Å². The highest BCUT2D eigenvalue weighted by atomic mass is 32.2. The Morgan fingerprint density at radius 1 is 0.541 bits per heavy atom. The van der Waals surface area contributed by atoms with E-state index in [9.17, 15) is 29.4 Å². The van der Waals surface area contributed by atoms with Crippen molar-refractivity contribution in [3.8, 4) is 0 Å². The summed E-state index contributed by atoms with van der Waals surface area (Å²) in [7, 11) is 0. The molecule has 2 fully saturated rings. The highest BCUT2D eigenvalue weighted by molar-refractivity contribution is 7.99. The third-order valence-electron chi connectivity index (χ3n) is 10.2. The minimum absolute atomic E-state index is 0.167. The third kappa shape index (κ3) is 10.7. The molecule has 0 saturated carbocycles. The Bertz CT molecular complexity index is 2200. The molecule has 0 spiro atoms. The second kappa shape index (κ2) is 20.6. The van der Waals surface area contributed by atoms with Gasteiger partial charge in [-0.2, -0.15) is 0 Å². The van der Waals surface area contributed by atoms with Gasteiger partial charge in [-0.3, -0.25) is 0 Å². The van der Waals surface area contributed by atoms with E-state index in [2.05, 4.69) is 0 Å². The maximum absolute atomic E-state index is 14.1. The van der Waals surface area contributed by atoms with Crippen LogP contribution < -0.4 is 0 Å². The van der Waals surface area contributed by atoms with Crippen molar-refractivity contribution in [3.05, 3.63) is 174 Å². The molecule has 5 aromatic rings. The van der Waals surface area contributed by atoms with Crippen LogP contribution in [0, 0.1) is 5.92 Å². The zero-order chi connectivity index (χ0) is 42.7. The summed E-state index contributed by atoms with van der Waals surface area (Å²) in [6, 6.07) is 41.9. The van der Waals surface area contributed by atoms with Gasteiger partial charge in [0.15, 0.2) is 24.6 Å². The minimum Gasteiger partial charge on any atom is -0.459 e. The summed E-state index contributed by atoms with van der Waals surface area (Å²) in [5, 5.41) is 21.5. The van der Waals surface area contributed by atoms with Crippen LogP contribution in [0.3, 0.4) is 0 Å². The number of benzene rings is 5. The van der Waals surface area contributed by atoms with Gasteiger partial charge >= 0.3 is 23.9 Å². The number of hydrogen-bond donors (Lipinski definition) is 2. The lowest BCUT2D eigenvalue weighted by atomic mass is 9.90. The molecular formula is C47H44O13S. The zero-order valence-corrected chi connectivity index (χ0v) is 33.7. The van der Waals surface area contributed by atoms with Crippen molar-refractivity contribution in [2.45, 2.75) is 66.3 Å². The van der Waals surface area contributed by atoms with Crippen LogP contribution in [0.1, 0.15) is 48.4 Å². The lowest BCUT2D eigenvalue weighted by molar-refractivity contribution is -0.329. The van der Waals surface area contributed by atoms with Gasteiger partial charge in [0.05, 0.1) is 35.0 Å². The molecule has 0 radical (unpaired) electrons. The smallest absolute Gasteiger partial charge is 0.338 e. The van der Waals surface area contributed by atoms with Gasteiger partial charge in [0.1, 0.15) is 30.4 Å². The van der Waals surface area contributed by atoms with Crippen molar-refractivity contribution in [1.82, 2.24) is 0 Å². The van der Waals surface area contributed by atoms with Gasteiger partial charge in [-0.1, -0.05) is 110 Å². The van der Waals surface area contributed by atoms with Crippen molar-refractivity contribution in [2.75, 3.05) is 13.2 Å². The molecule has 2 N–H and O–H groups in total. The lowest BCUT2D eigenvalue weighted by Crippen LogP contribution is -2.64. The molecule has 10 atom stereocenters. The first-order chi connectivity index (χ1) is 29.7. The van der Waals surface area contributed by atoms with Crippen LogP contribution in [0.2, 0.25) is 0 Å². The fourth-order valence-corrected chi connectivity index (χ4v) is 8.09. The average Bonchev–Trinajstić information content (AvgIpc) is 3.31. The Kier molecular flexibility index (Phi) is 14.6. The summed E-state index contributed by atoms with van der Waals surface area (Å²) in [5.74, 6) is -3.88. The second-order valence-electron chi connectivity index (χ2n) is 14.3. The predicted octanol–water partition coefficient (Wildman–Crippen LogP) is 6.14. The molecule has 2 heterocycles. The van der Waals surface area contributed by atoms with Gasteiger partial charge in [-0.15, -0.1) is 0 Å². The van der Waals surface area contributed by atoms with E-state index >= 15 is 0 Å².